The van der Waals surface area contributed by atoms with Gasteiger partial charge in [0.1, 0.15) is 0 Å². The third kappa shape index (κ3) is 7.05. The Balaban J connectivity index is 0.00000242. The van der Waals surface area contributed by atoms with E-state index in [1.54, 1.807) is 30.1 Å². The number of nitrogens with one attached hydrogen (secondary N) is 2. The topological polar surface area (TPSA) is 126 Å². The van der Waals surface area contributed by atoms with Gasteiger partial charge in [-0.2, -0.15) is 0 Å². The van der Waals surface area contributed by atoms with Gasteiger partial charge in [0.15, 0.2) is 0 Å². The second-order valence-electron chi connectivity index (χ2n) is 10.0. The number of piperazine rings is 1. The Morgan fingerprint density at radius 2 is 1.62 bits per heavy atom. The Labute approximate surface area is 256 Å². The van der Waals surface area contributed by atoms with E-state index in [0.717, 1.165) is 43.1 Å². The molecule has 0 aromatic heterocycles. The number of hydrogen-bond acceptors (Lipinski definition) is 7. The summed E-state index contributed by atoms with van der Waals surface area (Å²) in [4.78, 5) is 44.3. The number of amides is 2. The average molecular weight is 639 g/mol. The molecule has 2 heterocycles. The molecule has 0 radical (unpaired) electrons. The highest BCUT2D eigenvalue weighted by Gasteiger charge is 2.29. The summed E-state index contributed by atoms with van der Waals surface area (Å²) >= 11 is 0. The molecular weight excluding hydrogens is 602 g/mol. The molecule has 3 aromatic rings. The number of fused-ring (bicyclic) bond motifs is 1. The van der Waals surface area contributed by atoms with Gasteiger partial charge in [0.2, 0.25) is 5.91 Å². The molecule has 2 aliphatic heterocycles. The normalized spacial score (nSPS) is 15.8. The highest BCUT2D eigenvalue weighted by molar-refractivity contribution is 8.93. The molecule has 0 saturated carbocycles. The van der Waals surface area contributed by atoms with Gasteiger partial charge in [-0.15, -0.1) is 17.0 Å². The van der Waals surface area contributed by atoms with E-state index in [2.05, 4.69) is 27.5 Å². The number of nitrogens with zero attached hydrogens (tertiary/aromatic N) is 3. The van der Waals surface area contributed by atoms with Crippen molar-refractivity contribution in [2.75, 3.05) is 69.5 Å². The molecular formula is C31H36BrN5O5. The maximum absolute atomic E-state index is 13.2. The number of ether oxygens (including phenoxy) is 1. The van der Waals surface area contributed by atoms with Gasteiger partial charge in [0.05, 0.1) is 36.2 Å². The molecule has 0 spiro atoms. The fraction of sp³-hybridized carbons (Fsp3) is 0.258. The lowest BCUT2D eigenvalue weighted by Crippen LogP contribution is -2.48. The molecule has 0 unspecified atom stereocenters. The number of hydrogen-bond donors (Lipinski definition) is 2. The zero-order valence-corrected chi connectivity index (χ0v) is 25.6. The number of anilines is 3. The number of rotatable bonds is 7. The number of carbonyl (C=O) groups is 3. The Kier molecular flexibility index (Phi) is 11.0. The summed E-state index contributed by atoms with van der Waals surface area (Å²) in [7, 11) is 5.21. The van der Waals surface area contributed by atoms with Gasteiger partial charge in [-0.05, 0) is 49.0 Å². The van der Waals surface area contributed by atoms with Crippen LogP contribution in [0.1, 0.15) is 21.5 Å². The molecule has 5 rings (SSSR count). The summed E-state index contributed by atoms with van der Waals surface area (Å²) in [6, 6.07) is 22.2. The second kappa shape index (κ2) is 14.2. The summed E-state index contributed by atoms with van der Waals surface area (Å²) in [5.74, 6) is -0.694. The number of carbonyl (C=O) groups excluding carboxylic acids is 3. The van der Waals surface area contributed by atoms with E-state index in [4.69, 9.17) is 4.74 Å². The maximum atomic E-state index is 13.2. The van der Waals surface area contributed by atoms with E-state index in [-0.39, 0.29) is 34.3 Å². The Morgan fingerprint density at radius 1 is 0.952 bits per heavy atom. The van der Waals surface area contributed by atoms with Crippen molar-refractivity contribution in [1.29, 1.82) is 0 Å². The van der Waals surface area contributed by atoms with Crippen molar-refractivity contribution in [2.45, 2.75) is 0 Å². The van der Waals surface area contributed by atoms with Crippen LogP contribution in [-0.4, -0.2) is 87.0 Å². The monoisotopic (exact) mass is 637 g/mol. The Bertz CT molecular complexity index is 1450. The fourth-order valence-electron chi connectivity index (χ4n) is 4.91. The van der Waals surface area contributed by atoms with Crippen LogP contribution in [-0.2, 0) is 14.3 Å². The van der Waals surface area contributed by atoms with Crippen molar-refractivity contribution in [3.63, 3.8) is 0 Å². The van der Waals surface area contributed by atoms with Crippen molar-refractivity contribution >= 4 is 63.1 Å². The van der Waals surface area contributed by atoms with Crippen LogP contribution in [0.25, 0.3) is 11.3 Å². The van der Waals surface area contributed by atoms with E-state index in [0.29, 0.717) is 34.6 Å². The first-order valence-corrected chi connectivity index (χ1v) is 13.2. The van der Waals surface area contributed by atoms with Gasteiger partial charge in [0.25, 0.3) is 5.91 Å². The summed E-state index contributed by atoms with van der Waals surface area (Å²) in [6.07, 6.45) is 0. The van der Waals surface area contributed by atoms with E-state index in [9.17, 15) is 14.4 Å². The van der Waals surface area contributed by atoms with Crippen molar-refractivity contribution < 1.29 is 24.6 Å². The molecule has 222 valence electrons. The molecule has 0 atom stereocenters. The smallest absolute Gasteiger partial charge is 0.337 e. The third-order valence-corrected chi connectivity index (χ3v) is 7.35. The summed E-state index contributed by atoms with van der Waals surface area (Å²) in [5, 5.41) is 6.31. The third-order valence-electron chi connectivity index (χ3n) is 7.35. The van der Waals surface area contributed by atoms with Gasteiger partial charge in [0, 0.05) is 50.2 Å². The lowest BCUT2D eigenvalue weighted by atomic mass is 9.99. The minimum Gasteiger partial charge on any atom is -0.465 e. The van der Waals surface area contributed by atoms with Crippen molar-refractivity contribution in [3.05, 3.63) is 89.5 Å². The molecule has 42 heavy (non-hydrogen) atoms. The zero-order valence-electron chi connectivity index (χ0n) is 23.8. The van der Waals surface area contributed by atoms with Crippen LogP contribution >= 0.6 is 17.0 Å². The molecule has 3 aromatic carbocycles. The fourth-order valence-corrected chi connectivity index (χ4v) is 4.91. The van der Waals surface area contributed by atoms with Crippen LogP contribution < -0.4 is 15.5 Å². The van der Waals surface area contributed by atoms with E-state index in [1.165, 1.54) is 7.11 Å². The van der Waals surface area contributed by atoms with Gasteiger partial charge in [-0.3, -0.25) is 14.5 Å². The minimum atomic E-state index is -0.469. The van der Waals surface area contributed by atoms with E-state index < -0.39 is 5.97 Å². The number of benzene rings is 3. The number of methoxy groups -OCH3 is 1. The Morgan fingerprint density at radius 3 is 2.26 bits per heavy atom. The largest absolute Gasteiger partial charge is 0.465 e. The van der Waals surface area contributed by atoms with Crippen molar-refractivity contribution in [1.82, 2.24) is 9.80 Å². The van der Waals surface area contributed by atoms with Crippen LogP contribution in [0.5, 0.6) is 0 Å². The lowest BCUT2D eigenvalue weighted by molar-refractivity contribution is -0.119. The molecule has 2 aliphatic rings. The molecule has 1 saturated heterocycles. The number of likely N-dealkylation sites (N-methyl/N-ethyl adjacent to an activating group) is 2. The standard InChI is InChI=1S/C31H33N5O4.BrH.H2O/c1-34-15-17-36(18-16-34)20-27(37)35(2)24-12-10-23(11-13-24)32-29(21-7-5-4-6-8-21)28-25-14-9-22(31(39)40-3)19-26(25)33-30(28)38;;/h4-14,19,32H,15-18,20H2,1-3H3,(H,33,38);1H;1H2. The van der Waals surface area contributed by atoms with Gasteiger partial charge in [-0.25, -0.2) is 4.79 Å². The van der Waals surface area contributed by atoms with E-state index in [1.807, 2.05) is 54.6 Å². The molecule has 0 bridgehead atoms. The van der Waals surface area contributed by atoms with Crippen LogP contribution in [0.15, 0.2) is 72.8 Å². The number of halogens is 1. The van der Waals surface area contributed by atoms with Gasteiger partial charge < -0.3 is 30.6 Å². The van der Waals surface area contributed by atoms with Crippen molar-refractivity contribution in [3.8, 4) is 0 Å². The summed E-state index contributed by atoms with van der Waals surface area (Å²) in [6.45, 7) is 4.09. The lowest BCUT2D eigenvalue weighted by Gasteiger charge is -2.32. The van der Waals surface area contributed by atoms with Crippen LogP contribution in [0.2, 0.25) is 0 Å². The first-order chi connectivity index (χ1) is 19.3. The van der Waals surface area contributed by atoms with Gasteiger partial charge >= 0.3 is 5.97 Å². The highest BCUT2D eigenvalue weighted by Crippen LogP contribution is 2.38. The van der Waals surface area contributed by atoms with E-state index >= 15 is 0 Å². The van der Waals surface area contributed by atoms with Gasteiger partial charge in [-0.1, -0.05) is 36.4 Å². The summed E-state index contributed by atoms with van der Waals surface area (Å²) in [5.41, 5.74) is 5.10. The summed E-state index contributed by atoms with van der Waals surface area (Å²) < 4.78 is 4.82. The minimum absolute atomic E-state index is 0. The van der Waals surface area contributed by atoms with Crippen LogP contribution in [0.4, 0.5) is 17.1 Å². The molecule has 10 nitrogen and oxygen atoms in total. The second-order valence-corrected chi connectivity index (χ2v) is 10.0. The Hall–Kier alpha value is -4.03. The highest BCUT2D eigenvalue weighted by atomic mass is 79.9. The molecule has 2 amide bonds. The van der Waals surface area contributed by atoms with Crippen LogP contribution in [0.3, 0.4) is 0 Å². The molecule has 1 fully saturated rings. The van der Waals surface area contributed by atoms with Crippen LogP contribution in [0, 0.1) is 0 Å². The molecule has 0 aliphatic carbocycles. The zero-order chi connectivity index (χ0) is 28.2. The molecule has 4 N–H and O–H groups in total. The predicted molar refractivity (Wildman–Crippen MR) is 171 cm³/mol. The molecule has 11 heteroatoms. The average Bonchev–Trinajstić information content (AvgIpc) is 3.31. The first kappa shape index (κ1) is 32.5. The quantitative estimate of drug-likeness (QED) is 0.300. The number of esters is 1. The SMILES string of the molecule is Br.COC(=O)c1ccc2c(c1)NC(=O)C2=C(Nc1ccc(N(C)C(=O)CN2CCN(C)CC2)cc1)c1ccccc1.O. The van der Waals surface area contributed by atoms with Crippen molar-refractivity contribution in [2.24, 2.45) is 0 Å². The first-order valence-electron chi connectivity index (χ1n) is 13.2. The predicted octanol–water partition coefficient (Wildman–Crippen LogP) is 3.37. The maximum Gasteiger partial charge on any atom is 0.337 e.